The molecular weight excluding hydrogens is 459 g/mol. The van der Waals surface area contributed by atoms with Gasteiger partial charge in [-0.1, -0.05) is 12.1 Å². The summed E-state index contributed by atoms with van der Waals surface area (Å²) < 4.78 is 10.2. The lowest BCUT2D eigenvalue weighted by Crippen LogP contribution is -2.43. The first kappa shape index (κ1) is 23.0. The fourth-order valence-electron chi connectivity index (χ4n) is 2.36. The Hall–Kier alpha value is -2.07. The third-order valence-corrected chi connectivity index (χ3v) is 3.49. The molecule has 0 spiro atoms. The number of nitrogens with zero attached hydrogens (tertiary/aromatic N) is 1. The Labute approximate surface area is 177 Å². The Morgan fingerprint density at radius 3 is 2.78 bits per heavy atom. The average molecular weight is 486 g/mol. The molecule has 0 radical (unpaired) electrons. The summed E-state index contributed by atoms with van der Waals surface area (Å²) in [6.45, 7) is 5.90. The number of anilines is 1. The van der Waals surface area contributed by atoms with Crippen molar-refractivity contribution in [1.82, 2.24) is 10.6 Å². The molecular formula is C19H27IN4O3. The van der Waals surface area contributed by atoms with Crippen molar-refractivity contribution in [2.75, 3.05) is 25.6 Å². The second kappa shape index (κ2) is 12.3. The van der Waals surface area contributed by atoms with Crippen molar-refractivity contribution < 1.29 is 13.9 Å². The van der Waals surface area contributed by atoms with Gasteiger partial charge < -0.3 is 25.1 Å². The molecule has 2 rings (SSSR count). The zero-order chi connectivity index (χ0) is 18.8. The van der Waals surface area contributed by atoms with E-state index in [1.165, 1.54) is 6.26 Å². The highest BCUT2D eigenvalue weighted by Crippen LogP contribution is 2.13. The van der Waals surface area contributed by atoms with Crippen molar-refractivity contribution in [1.29, 1.82) is 0 Å². The number of carbonyl (C=O) groups is 1. The molecule has 2 aromatic rings. The molecule has 0 fully saturated rings. The molecule has 0 aliphatic heterocycles. The van der Waals surface area contributed by atoms with E-state index in [-0.39, 0.29) is 41.7 Å². The van der Waals surface area contributed by atoms with Crippen LogP contribution in [0.3, 0.4) is 0 Å². The number of hydrogen-bond acceptors (Lipinski definition) is 4. The van der Waals surface area contributed by atoms with E-state index < -0.39 is 0 Å². The highest BCUT2D eigenvalue weighted by molar-refractivity contribution is 14.0. The summed E-state index contributed by atoms with van der Waals surface area (Å²) in [6, 6.07) is 11.0. The van der Waals surface area contributed by atoms with Crippen molar-refractivity contribution in [2.45, 2.75) is 26.4 Å². The number of carbonyl (C=O) groups excluding carboxylic acids is 1. The van der Waals surface area contributed by atoms with Crippen LogP contribution in [0.2, 0.25) is 0 Å². The lowest BCUT2D eigenvalue weighted by Gasteiger charge is -2.17. The van der Waals surface area contributed by atoms with Gasteiger partial charge in [0, 0.05) is 25.4 Å². The molecule has 1 atom stereocenters. The van der Waals surface area contributed by atoms with Crippen LogP contribution in [-0.4, -0.2) is 38.2 Å². The van der Waals surface area contributed by atoms with Crippen molar-refractivity contribution >= 4 is 41.5 Å². The molecule has 7 nitrogen and oxygen atoms in total. The van der Waals surface area contributed by atoms with Gasteiger partial charge in [-0.2, -0.15) is 0 Å². The molecule has 0 aliphatic carbocycles. The number of rotatable bonds is 8. The molecule has 1 unspecified atom stereocenters. The van der Waals surface area contributed by atoms with E-state index in [9.17, 15) is 4.79 Å². The molecule has 1 aromatic carbocycles. The average Bonchev–Trinajstić information content (AvgIpc) is 3.15. The Morgan fingerprint density at radius 1 is 1.30 bits per heavy atom. The number of hydrogen-bond donors (Lipinski definition) is 3. The van der Waals surface area contributed by atoms with Gasteiger partial charge in [-0.25, -0.2) is 4.99 Å². The summed E-state index contributed by atoms with van der Waals surface area (Å²) in [7, 11) is 1.67. The molecule has 1 amide bonds. The Balaban J connectivity index is 0.00000364. The van der Waals surface area contributed by atoms with Crippen LogP contribution in [0.25, 0.3) is 0 Å². The van der Waals surface area contributed by atoms with E-state index in [4.69, 9.17) is 9.15 Å². The quantitative estimate of drug-likeness (QED) is 0.303. The van der Waals surface area contributed by atoms with E-state index in [1.807, 2.05) is 38.1 Å². The second-order valence-electron chi connectivity index (χ2n) is 5.83. The van der Waals surface area contributed by atoms with Crippen LogP contribution in [0.1, 0.15) is 30.0 Å². The highest BCUT2D eigenvalue weighted by Gasteiger charge is 2.09. The van der Waals surface area contributed by atoms with E-state index in [2.05, 4.69) is 20.9 Å². The zero-order valence-corrected chi connectivity index (χ0v) is 18.2. The molecule has 148 valence electrons. The van der Waals surface area contributed by atoms with Crippen LogP contribution in [0.5, 0.6) is 0 Å². The maximum atomic E-state index is 12.1. The molecule has 0 bridgehead atoms. The van der Waals surface area contributed by atoms with Crippen molar-refractivity contribution in [3.8, 4) is 0 Å². The first-order valence-electron chi connectivity index (χ1n) is 8.60. The standard InChI is InChI=1S/C19H26N4O3.HI/c1-4-20-19(22-14(2)13-25-3)21-12-15-7-5-8-16(11-15)23-18(24)17-9-6-10-26-17;/h5-11,14H,4,12-13H2,1-3H3,(H,23,24)(H2,20,21,22);1H. The first-order chi connectivity index (χ1) is 12.6. The van der Waals surface area contributed by atoms with Crippen LogP contribution in [0.15, 0.2) is 52.1 Å². The van der Waals surface area contributed by atoms with E-state index >= 15 is 0 Å². The molecule has 3 N–H and O–H groups in total. The summed E-state index contributed by atoms with van der Waals surface area (Å²) >= 11 is 0. The highest BCUT2D eigenvalue weighted by atomic mass is 127. The summed E-state index contributed by atoms with van der Waals surface area (Å²) in [5, 5.41) is 9.31. The van der Waals surface area contributed by atoms with Gasteiger partial charge >= 0.3 is 0 Å². The molecule has 1 heterocycles. The maximum Gasteiger partial charge on any atom is 0.291 e. The fourth-order valence-corrected chi connectivity index (χ4v) is 2.36. The van der Waals surface area contributed by atoms with Gasteiger partial charge in [0.15, 0.2) is 11.7 Å². The predicted molar refractivity (Wildman–Crippen MR) is 118 cm³/mol. The second-order valence-corrected chi connectivity index (χ2v) is 5.83. The topological polar surface area (TPSA) is 87.9 Å². The number of amides is 1. The van der Waals surface area contributed by atoms with E-state index in [1.54, 1.807) is 19.2 Å². The monoisotopic (exact) mass is 486 g/mol. The summed E-state index contributed by atoms with van der Waals surface area (Å²) in [6.07, 6.45) is 1.47. The fraction of sp³-hybridized carbons (Fsp3) is 0.368. The van der Waals surface area contributed by atoms with Crippen molar-refractivity contribution in [2.24, 2.45) is 4.99 Å². The molecule has 27 heavy (non-hydrogen) atoms. The minimum Gasteiger partial charge on any atom is -0.459 e. The minimum absolute atomic E-state index is 0. The Bertz CT molecular complexity index is 720. The van der Waals surface area contributed by atoms with Crippen LogP contribution in [0, 0.1) is 0 Å². The number of ether oxygens (including phenoxy) is 1. The molecule has 0 saturated heterocycles. The van der Waals surface area contributed by atoms with Gasteiger partial charge in [0.1, 0.15) is 0 Å². The maximum absolute atomic E-state index is 12.1. The zero-order valence-electron chi connectivity index (χ0n) is 15.8. The van der Waals surface area contributed by atoms with Gasteiger partial charge in [-0.05, 0) is 43.7 Å². The number of aliphatic imine (C=N–C) groups is 1. The number of methoxy groups -OCH3 is 1. The summed E-state index contributed by atoms with van der Waals surface area (Å²) in [4.78, 5) is 16.6. The summed E-state index contributed by atoms with van der Waals surface area (Å²) in [5.74, 6) is 0.723. The van der Waals surface area contributed by atoms with Crippen LogP contribution in [-0.2, 0) is 11.3 Å². The predicted octanol–water partition coefficient (Wildman–Crippen LogP) is 3.24. The largest absolute Gasteiger partial charge is 0.459 e. The van der Waals surface area contributed by atoms with Crippen molar-refractivity contribution in [3.05, 3.63) is 54.0 Å². The third kappa shape index (κ3) is 8.00. The Kier molecular flexibility index (Phi) is 10.5. The van der Waals surface area contributed by atoms with E-state index in [0.717, 1.165) is 18.1 Å². The third-order valence-electron chi connectivity index (χ3n) is 3.49. The van der Waals surface area contributed by atoms with Crippen LogP contribution >= 0.6 is 24.0 Å². The number of benzene rings is 1. The summed E-state index contributed by atoms with van der Waals surface area (Å²) in [5.41, 5.74) is 1.68. The number of halogens is 1. The van der Waals surface area contributed by atoms with Crippen molar-refractivity contribution in [3.63, 3.8) is 0 Å². The van der Waals surface area contributed by atoms with Gasteiger partial charge in [0.25, 0.3) is 5.91 Å². The minimum atomic E-state index is -0.279. The van der Waals surface area contributed by atoms with Crippen LogP contribution < -0.4 is 16.0 Å². The van der Waals surface area contributed by atoms with Crippen LogP contribution in [0.4, 0.5) is 5.69 Å². The first-order valence-corrected chi connectivity index (χ1v) is 8.60. The molecule has 0 aliphatic rings. The molecule has 1 aromatic heterocycles. The number of guanidine groups is 1. The smallest absolute Gasteiger partial charge is 0.291 e. The normalized spacial score (nSPS) is 12.0. The van der Waals surface area contributed by atoms with Gasteiger partial charge in [0.05, 0.1) is 19.4 Å². The number of furan rings is 1. The number of nitrogens with one attached hydrogen (secondary N) is 3. The lowest BCUT2D eigenvalue weighted by atomic mass is 10.2. The Morgan fingerprint density at radius 2 is 2.11 bits per heavy atom. The van der Waals surface area contributed by atoms with Gasteiger partial charge in [-0.3, -0.25) is 4.79 Å². The SMILES string of the molecule is CCNC(=NCc1cccc(NC(=O)c2ccco2)c1)NC(C)COC.I. The molecule has 0 saturated carbocycles. The van der Waals surface area contributed by atoms with Gasteiger partial charge in [0.2, 0.25) is 0 Å². The van der Waals surface area contributed by atoms with Gasteiger partial charge in [-0.15, -0.1) is 24.0 Å². The van der Waals surface area contributed by atoms with E-state index in [0.29, 0.717) is 18.8 Å². The lowest BCUT2D eigenvalue weighted by molar-refractivity contribution is 0.0996. The molecule has 8 heteroatoms.